The third-order valence-corrected chi connectivity index (χ3v) is 3.28. The van der Waals surface area contributed by atoms with Crippen molar-refractivity contribution >= 4 is 0 Å². The molecule has 0 aromatic rings. The number of nitrogens with two attached hydrogens (primary N) is 1. The van der Waals surface area contributed by atoms with Gasteiger partial charge in [-0.3, -0.25) is 0 Å². The number of hydrogen-bond acceptors (Lipinski definition) is 3. The van der Waals surface area contributed by atoms with Crippen LogP contribution in [-0.4, -0.2) is 62.3 Å². The molecule has 6 heteroatoms. The van der Waals surface area contributed by atoms with Gasteiger partial charge in [0.1, 0.15) is 0 Å². The molecule has 0 radical (unpaired) electrons. The number of hydrogen-bond donors (Lipinski definition) is 1. The average molecular weight is 253 g/mol. The third kappa shape index (κ3) is 5.23. The molecular formula is C11H22F3N3. The summed E-state index contributed by atoms with van der Waals surface area (Å²) in [6.07, 6.45) is -1.77. The molecule has 1 aliphatic rings. The Labute approximate surface area is 101 Å². The van der Waals surface area contributed by atoms with Crippen LogP contribution >= 0.6 is 0 Å². The highest BCUT2D eigenvalue weighted by molar-refractivity contribution is 4.73. The first kappa shape index (κ1) is 14.7. The molecule has 1 atom stereocenters. The Morgan fingerprint density at radius 2 is 1.88 bits per heavy atom. The Morgan fingerprint density at radius 3 is 2.35 bits per heavy atom. The smallest absolute Gasteiger partial charge is 0.330 e. The minimum absolute atomic E-state index is 0.00611. The molecule has 3 nitrogen and oxygen atoms in total. The van der Waals surface area contributed by atoms with Gasteiger partial charge in [-0.15, -0.1) is 0 Å². The molecule has 1 aliphatic heterocycles. The fourth-order valence-corrected chi connectivity index (χ4v) is 2.10. The molecule has 1 rings (SSSR count). The second-order valence-corrected chi connectivity index (χ2v) is 4.79. The second-order valence-electron chi connectivity index (χ2n) is 4.79. The Balaban J connectivity index is 2.24. The van der Waals surface area contributed by atoms with Crippen LogP contribution < -0.4 is 5.73 Å². The standard InChI is InChI=1S/C11H22F3N3/c1-16(6-7-17-4-2-3-5-17)9-10(8-15)11(12,13)14/h10H,2-9,15H2,1H3. The van der Waals surface area contributed by atoms with E-state index in [9.17, 15) is 13.2 Å². The lowest BCUT2D eigenvalue weighted by Crippen LogP contribution is -2.41. The Bertz CT molecular complexity index is 214. The van der Waals surface area contributed by atoms with Gasteiger partial charge in [-0.05, 0) is 33.0 Å². The number of alkyl halides is 3. The monoisotopic (exact) mass is 253 g/mol. The number of rotatable bonds is 6. The van der Waals surface area contributed by atoms with Crippen molar-refractivity contribution < 1.29 is 13.2 Å². The summed E-state index contributed by atoms with van der Waals surface area (Å²) in [5.41, 5.74) is 5.17. The highest BCUT2D eigenvalue weighted by atomic mass is 19.4. The Hall–Kier alpha value is -0.330. The number of likely N-dealkylation sites (tertiary alicyclic amines) is 1. The molecule has 1 heterocycles. The lowest BCUT2D eigenvalue weighted by Gasteiger charge is -2.26. The maximum absolute atomic E-state index is 12.5. The highest BCUT2D eigenvalue weighted by Crippen LogP contribution is 2.25. The van der Waals surface area contributed by atoms with Crippen LogP contribution in [0.3, 0.4) is 0 Å². The van der Waals surface area contributed by atoms with Gasteiger partial charge in [0.2, 0.25) is 0 Å². The molecule has 0 amide bonds. The molecule has 0 bridgehead atoms. The van der Waals surface area contributed by atoms with E-state index in [0.29, 0.717) is 6.54 Å². The predicted molar refractivity (Wildman–Crippen MR) is 61.8 cm³/mol. The van der Waals surface area contributed by atoms with Gasteiger partial charge in [-0.25, -0.2) is 0 Å². The van der Waals surface area contributed by atoms with Crippen molar-refractivity contribution in [1.29, 1.82) is 0 Å². The third-order valence-electron chi connectivity index (χ3n) is 3.28. The van der Waals surface area contributed by atoms with Crippen molar-refractivity contribution in [2.24, 2.45) is 11.7 Å². The van der Waals surface area contributed by atoms with Gasteiger partial charge in [-0.2, -0.15) is 13.2 Å². The first-order valence-corrected chi connectivity index (χ1v) is 6.11. The summed E-state index contributed by atoms with van der Waals surface area (Å²) in [6.45, 7) is 3.34. The second kappa shape index (κ2) is 6.56. The zero-order valence-electron chi connectivity index (χ0n) is 10.3. The largest absolute Gasteiger partial charge is 0.394 e. The van der Waals surface area contributed by atoms with Crippen LogP contribution in [0.2, 0.25) is 0 Å². The zero-order valence-corrected chi connectivity index (χ0v) is 10.3. The van der Waals surface area contributed by atoms with Crippen LogP contribution in [0.1, 0.15) is 12.8 Å². The number of nitrogens with zero attached hydrogens (tertiary/aromatic N) is 2. The topological polar surface area (TPSA) is 32.5 Å². The molecule has 102 valence electrons. The summed E-state index contributed by atoms with van der Waals surface area (Å²) < 4.78 is 37.5. The van der Waals surface area contributed by atoms with Crippen molar-refractivity contribution in [2.75, 3.05) is 46.3 Å². The lowest BCUT2D eigenvalue weighted by atomic mass is 10.1. The van der Waals surface area contributed by atoms with Crippen molar-refractivity contribution in [3.8, 4) is 0 Å². The van der Waals surface area contributed by atoms with Gasteiger partial charge >= 0.3 is 6.18 Å². The molecule has 0 aliphatic carbocycles. The van der Waals surface area contributed by atoms with E-state index in [1.54, 1.807) is 11.9 Å². The predicted octanol–water partition coefficient (Wildman–Crippen LogP) is 1.15. The molecule has 0 saturated carbocycles. The molecule has 1 unspecified atom stereocenters. The summed E-state index contributed by atoms with van der Waals surface area (Å²) in [5, 5.41) is 0. The number of halogens is 3. The van der Waals surface area contributed by atoms with Crippen molar-refractivity contribution in [3.63, 3.8) is 0 Å². The van der Waals surface area contributed by atoms with E-state index in [2.05, 4.69) is 4.90 Å². The molecule has 1 fully saturated rings. The average Bonchev–Trinajstić information content (AvgIpc) is 2.74. The van der Waals surface area contributed by atoms with E-state index in [-0.39, 0.29) is 13.1 Å². The van der Waals surface area contributed by atoms with Gasteiger partial charge in [0.05, 0.1) is 5.92 Å². The summed E-state index contributed by atoms with van der Waals surface area (Å²) in [4.78, 5) is 4.02. The van der Waals surface area contributed by atoms with Gasteiger partial charge < -0.3 is 15.5 Å². The highest BCUT2D eigenvalue weighted by Gasteiger charge is 2.38. The summed E-state index contributed by atoms with van der Waals surface area (Å²) in [5.74, 6) is -1.41. The van der Waals surface area contributed by atoms with Crippen molar-refractivity contribution in [3.05, 3.63) is 0 Å². The van der Waals surface area contributed by atoms with Crippen LogP contribution in [0.25, 0.3) is 0 Å². The van der Waals surface area contributed by atoms with E-state index < -0.39 is 12.1 Å². The molecule has 17 heavy (non-hydrogen) atoms. The lowest BCUT2D eigenvalue weighted by molar-refractivity contribution is -0.175. The van der Waals surface area contributed by atoms with Gasteiger partial charge in [0.15, 0.2) is 0 Å². The first-order chi connectivity index (χ1) is 7.93. The quantitative estimate of drug-likeness (QED) is 0.771. The van der Waals surface area contributed by atoms with Crippen LogP contribution in [0.4, 0.5) is 13.2 Å². The molecule has 0 aromatic carbocycles. The maximum Gasteiger partial charge on any atom is 0.394 e. The summed E-state index contributed by atoms with van der Waals surface area (Å²) in [7, 11) is 1.73. The molecule has 0 aromatic heterocycles. The zero-order chi connectivity index (χ0) is 12.9. The fourth-order valence-electron chi connectivity index (χ4n) is 2.10. The minimum atomic E-state index is -4.18. The van der Waals surface area contributed by atoms with E-state index >= 15 is 0 Å². The molecule has 0 spiro atoms. The first-order valence-electron chi connectivity index (χ1n) is 6.11. The Morgan fingerprint density at radius 1 is 1.29 bits per heavy atom. The van der Waals surface area contributed by atoms with Crippen LogP contribution in [0.15, 0.2) is 0 Å². The normalized spacial score (nSPS) is 20.1. The van der Waals surface area contributed by atoms with Gasteiger partial charge in [0.25, 0.3) is 0 Å². The van der Waals surface area contributed by atoms with E-state index in [1.165, 1.54) is 12.8 Å². The van der Waals surface area contributed by atoms with Crippen molar-refractivity contribution in [1.82, 2.24) is 9.80 Å². The Kier molecular flexibility index (Phi) is 5.69. The van der Waals surface area contributed by atoms with Crippen molar-refractivity contribution in [2.45, 2.75) is 19.0 Å². The van der Waals surface area contributed by atoms with E-state index in [0.717, 1.165) is 19.6 Å². The van der Waals surface area contributed by atoms with Gasteiger partial charge in [-0.1, -0.05) is 0 Å². The summed E-state index contributed by atoms with van der Waals surface area (Å²) >= 11 is 0. The van der Waals surface area contributed by atoms with Crippen LogP contribution in [0.5, 0.6) is 0 Å². The van der Waals surface area contributed by atoms with Gasteiger partial charge in [0, 0.05) is 26.2 Å². The maximum atomic E-state index is 12.5. The fraction of sp³-hybridized carbons (Fsp3) is 1.00. The van der Waals surface area contributed by atoms with E-state index in [4.69, 9.17) is 5.73 Å². The SMILES string of the molecule is CN(CCN1CCCC1)CC(CN)C(F)(F)F. The molecule has 1 saturated heterocycles. The van der Waals surface area contributed by atoms with Crippen LogP contribution in [-0.2, 0) is 0 Å². The molecule has 2 N–H and O–H groups in total. The number of likely N-dealkylation sites (N-methyl/N-ethyl adjacent to an activating group) is 1. The minimum Gasteiger partial charge on any atom is -0.330 e. The summed E-state index contributed by atoms with van der Waals surface area (Å²) in [6, 6.07) is 0. The van der Waals surface area contributed by atoms with Crippen LogP contribution in [0, 0.1) is 5.92 Å². The molecular weight excluding hydrogens is 231 g/mol. The van der Waals surface area contributed by atoms with E-state index in [1.807, 2.05) is 0 Å².